The highest BCUT2D eigenvalue weighted by molar-refractivity contribution is 5.61. The topological polar surface area (TPSA) is 15.3 Å². The number of likely N-dealkylation sites (N-methyl/N-ethyl adjacent to an activating group) is 2. The van der Waals surface area contributed by atoms with Gasteiger partial charge in [0.25, 0.3) is 0 Å². The van der Waals surface area contributed by atoms with Crippen LogP contribution < -0.4 is 10.2 Å². The fraction of sp³-hybridized carbons (Fsp3) is 0.571. The van der Waals surface area contributed by atoms with Gasteiger partial charge < -0.3 is 10.2 Å². The zero-order valence-corrected chi connectivity index (χ0v) is 10.6. The predicted octanol–water partition coefficient (Wildman–Crippen LogP) is 2.22. The van der Waals surface area contributed by atoms with E-state index in [0.29, 0.717) is 6.04 Å². The smallest absolute Gasteiger partial charge is 0.0431 e. The van der Waals surface area contributed by atoms with Crippen molar-refractivity contribution in [2.24, 2.45) is 0 Å². The van der Waals surface area contributed by atoms with E-state index in [4.69, 9.17) is 0 Å². The van der Waals surface area contributed by atoms with Crippen LogP contribution in [0.15, 0.2) is 18.2 Å². The Morgan fingerprint density at radius 3 is 2.94 bits per heavy atom. The number of rotatable bonds is 3. The molecule has 0 saturated carbocycles. The third-order valence-electron chi connectivity index (χ3n) is 3.67. The van der Waals surface area contributed by atoms with Crippen molar-refractivity contribution >= 4 is 5.69 Å². The number of para-hydroxylation sites is 1. The van der Waals surface area contributed by atoms with Crippen LogP contribution in [0.1, 0.15) is 24.5 Å². The summed E-state index contributed by atoms with van der Waals surface area (Å²) in [5.41, 5.74) is 4.49. The Morgan fingerprint density at radius 1 is 1.44 bits per heavy atom. The third kappa shape index (κ3) is 1.94. The Kier molecular flexibility index (Phi) is 3.49. The highest BCUT2D eigenvalue weighted by Gasteiger charge is 2.24. The molecule has 0 aliphatic carbocycles. The average molecular weight is 218 g/mol. The molecule has 1 N–H and O–H groups in total. The second kappa shape index (κ2) is 4.88. The van der Waals surface area contributed by atoms with E-state index in [0.717, 1.165) is 13.0 Å². The van der Waals surface area contributed by atoms with Crippen molar-refractivity contribution in [3.63, 3.8) is 0 Å². The molecule has 0 fully saturated rings. The molecule has 16 heavy (non-hydrogen) atoms. The Hall–Kier alpha value is -1.02. The summed E-state index contributed by atoms with van der Waals surface area (Å²) < 4.78 is 0. The molecular formula is C14H22N2. The van der Waals surface area contributed by atoms with E-state index < -0.39 is 0 Å². The van der Waals surface area contributed by atoms with Crippen molar-refractivity contribution in [1.29, 1.82) is 0 Å². The lowest BCUT2D eigenvalue weighted by atomic mass is 9.92. The third-order valence-corrected chi connectivity index (χ3v) is 3.67. The summed E-state index contributed by atoms with van der Waals surface area (Å²) >= 11 is 0. The van der Waals surface area contributed by atoms with Crippen LogP contribution in [0.25, 0.3) is 0 Å². The molecule has 0 saturated heterocycles. The first-order valence-corrected chi connectivity index (χ1v) is 6.26. The van der Waals surface area contributed by atoms with Crippen LogP contribution in [-0.4, -0.2) is 26.7 Å². The molecule has 0 spiro atoms. The number of benzene rings is 1. The van der Waals surface area contributed by atoms with Gasteiger partial charge in [-0.25, -0.2) is 0 Å². The number of hydrogen-bond donors (Lipinski definition) is 1. The first kappa shape index (κ1) is 11.5. The van der Waals surface area contributed by atoms with Gasteiger partial charge in [0.05, 0.1) is 0 Å². The standard InChI is InChI=1S/C14H22N2/c1-4-11-6-5-7-12-8-9-13(10-15-2)16(3)14(11)12/h5-7,13,15H,4,8-10H2,1-3H3. The molecule has 2 rings (SSSR count). The van der Waals surface area contributed by atoms with Gasteiger partial charge in [0.2, 0.25) is 0 Å². The lowest BCUT2D eigenvalue weighted by Gasteiger charge is -2.37. The van der Waals surface area contributed by atoms with E-state index in [1.807, 2.05) is 7.05 Å². The van der Waals surface area contributed by atoms with Crippen LogP contribution in [0.5, 0.6) is 0 Å². The number of nitrogens with one attached hydrogen (secondary N) is 1. The van der Waals surface area contributed by atoms with Gasteiger partial charge in [-0.3, -0.25) is 0 Å². The SMILES string of the molecule is CCc1cccc2c1N(C)C(CNC)CC2. The summed E-state index contributed by atoms with van der Waals surface area (Å²) in [6.45, 7) is 3.32. The summed E-state index contributed by atoms with van der Waals surface area (Å²) in [6, 6.07) is 7.38. The van der Waals surface area contributed by atoms with Gasteiger partial charge in [-0.2, -0.15) is 0 Å². The summed E-state index contributed by atoms with van der Waals surface area (Å²) in [5.74, 6) is 0. The molecule has 1 aromatic carbocycles. The van der Waals surface area contributed by atoms with Gasteiger partial charge >= 0.3 is 0 Å². The molecule has 2 heteroatoms. The Balaban J connectivity index is 2.34. The van der Waals surface area contributed by atoms with E-state index in [9.17, 15) is 0 Å². The van der Waals surface area contributed by atoms with Gasteiger partial charge in [0, 0.05) is 25.3 Å². The lowest BCUT2D eigenvalue weighted by Crippen LogP contribution is -2.42. The Labute approximate surface area is 98.7 Å². The van der Waals surface area contributed by atoms with Crippen molar-refractivity contribution in [3.8, 4) is 0 Å². The van der Waals surface area contributed by atoms with Crippen LogP contribution >= 0.6 is 0 Å². The molecule has 1 heterocycles. The van der Waals surface area contributed by atoms with Crippen molar-refractivity contribution in [2.75, 3.05) is 25.5 Å². The molecule has 1 aromatic rings. The van der Waals surface area contributed by atoms with Crippen molar-refractivity contribution in [1.82, 2.24) is 5.32 Å². The van der Waals surface area contributed by atoms with Gasteiger partial charge in [-0.1, -0.05) is 25.1 Å². The first-order valence-electron chi connectivity index (χ1n) is 6.26. The molecule has 1 aliphatic rings. The van der Waals surface area contributed by atoms with Crippen LogP contribution in [-0.2, 0) is 12.8 Å². The van der Waals surface area contributed by atoms with E-state index >= 15 is 0 Å². The van der Waals surface area contributed by atoms with E-state index in [1.54, 1.807) is 0 Å². The molecule has 1 atom stereocenters. The zero-order chi connectivity index (χ0) is 11.5. The van der Waals surface area contributed by atoms with E-state index in [2.05, 4.69) is 42.4 Å². The summed E-state index contributed by atoms with van der Waals surface area (Å²) in [7, 11) is 4.27. The van der Waals surface area contributed by atoms with Gasteiger partial charge in [0.1, 0.15) is 0 Å². The maximum atomic E-state index is 3.29. The molecule has 0 bridgehead atoms. The minimum atomic E-state index is 0.644. The monoisotopic (exact) mass is 218 g/mol. The van der Waals surface area contributed by atoms with Gasteiger partial charge in [0.15, 0.2) is 0 Å². The number of nitrogens with zero attached hydrogens (tertiary/aromatic N) is 1. The Bertz CT molecular complexity index is 346. The number of aryl methyl sites for hydroxylation is 2. The summed E-state index contributed by atoms with van der Waals surface area (Å²) in [5, 5.41) is 3.29. The van der Waals surface area contributed by atoms with Crippen molar-refractivity contribution < 1.29 is 0 Å². The van der Waals surface area contributed by atoms with Crippen LogP contribution in [0.4, 0.5) is 5.69 Å². The van der Waals surface area contributed by atoms with E-state index in [-0.39, 0.29) is 0 Å². The highest BCUT2D eigenvalue weighted by Crippen LogP contribution is 2.32. The normalized spacial score (nSPS) is 19.7. The predicted molar refractivity (Wildman–Crippen MR) is 70.3 cm³/mol. The molecule has 2 nitrogen and oxygen atoms in total. The fourth-order valence-electron chi connectivity index (χ4n) is 2.76. The molecule has 1 unspecified atom stereocenters. The van der Waals surface area contributed by atoms with Crippen molar-refractivity contribution in [3.05, 3.63) is 29.3 Å². The summed E-state index contributed by atoms with van der Waals surface area (Å²) in [4.78, 5) is 2.47. The molecule has 0 amide bonds. The maximum Gasteiger partial charge on any atom is 0.0431 e. The minimum Gasteiger partial charge on any atom is -0.370 e. The van der Waals surface area contributed by atoms with Gasteiger partial charge in [-0.15, -0.1) is 0 Å². The zero-order valence-electron chi connectivity index (χ0n) is 10.6. The molecule has 0 radical (unpaired) electrons. The molecule has 0 aromatic heterocycles. The van der Waals surface area contributed by atoms with Crippen molar-refractivity contribution in [2.45, 2.75) is 32.2 Å². The number of anilines is 1. The second-order valence-corrected chi connectivity index (χ2v) is 4.64. The van der Waals surface area contributed by atoms with Gasteiger partial charge in [-0.05, 0) is 37.4 Å². The quantitative estimate of drug-likeness (QED) is 0.837. The minimum absolute atomic E-state index is 0.644. The molecular weight excluding hydrogens is 196 g/mol. The largest absolute Gasteiger partial charge is 0.370 e. The lowest BCUT2D eigenvalue weighted by molar-refractivity contribution is 0.528. The summed E-state index contributed by atoms with van der Waals surface area (Å²) in [6.07, 6.45) is 3.61. The average Bonchev–Trinajstić information content (AvgIpc) is 2.32. The van der Waals surface area contributed by atoms with Crippen LogP contribution in [0.3, 0.4) is 0 Å². The Morgan fingerprint density at radius 2 is 2.25 bits per heavy atom. The molecule has 1 aliphatic heterocycles. The van der Waals surface area contributed by atoms with Crippen LogP contribution in [0, 0.1) is 0 Å². The highest BCUT2D eigenvalue weighted by atomic mass is 15.2. The second-order valence-electron chi connectivity index (χ2n) is 4.64. The maximum absolute atomic E-state index is 3.29. The fourth-order valence-corrected chi connectivity index (χ4v) is 2.76. The van der Waals surface area contributed by atoms with Crippen LogP contribution in [0.2, 0.25) is 0 Å². The molecule has 88 valence electrons. The van der Waals surface area contributed by atoms with E-state index in [1.165, 1.54) is 29.7 Å². The first-order chi connectivity index (χ1) is 7.77. The number of hydrogen-bond acceptors (Lipinski definition) is 2. The number of fused-ring (bicyclic) bond motifs is 1.